The van der Waals surface area contributed by atoms with Gasteiger partial charge in [-0.25, -0.2) is 4.79 Å². The van der Waals surface area contributed by atoms with Crippen molar-refractivity contribution in [1.82, 2.24) is 5.32 Å². The second-order valence-corrected chi connectivity index (χ2v) is 6.27. The van der Waals surface area contributed by atoms with Gasteiger partial charge in [0.1, 0.15) is 13.2 Å². The number of carbonyl (C=O) groups is 2. The molecule has 1 atom stereocenters. The molecule has 0 radical (unpaired) electrons. The van der Waals surface area contributed by atoms with Crippen molar-refractivity contribution in [2.24, 2.45) is 17.1 Å². The number of hydrogen-bond acceptors (Lipinski definition) is 5. The first-order valence-electron chi connectivity index (χ1n) is 7.57. The van der Waals surface area contributed by atoms with Crippen molar-refractivity contribution in [1.29, 1.82) is 0 Å². The highest BCUT2D eigenvalue weighted by Crippen LogP contribution is 2.27. The second-order valence-electron chi connectivity index (χ2n) is 6.27. The van der Waals surface area contributed by atoms with Crippen molar-refractivity contribution >= 4 is 12.1 Å². The van der Waals surface area contributed by atoms with E-state index in [1.54, 1.807) is 0 Å². The number of nitrogens with two attached hydrogens (primary N) is 1. The summed E-state index contributed by atoms with van der Waals surface area (Å²) in [5.74, 6) is -0.275. The summed E-state index contributed by atoms with van der Waals surface area (Å²) in [5.41, 5.74) is 5.30. The van der Waals surface area contributed by atoms with E-state index in [0.29, 0.717) is 0 Å². The first-order valence-corrected chi connectivity index (χ1v) is 7.57. The molecule has 0 spiro atoms. The lowest BCUT2D eigenvalue weighted by molar-refractivity contribution is -0.149. The molecule has 0 bridgehead atoms. The molecule has 0 aromatic rings. The minimum absolute atomic E-state index is 0.0841. The molecule has 1 amide bonds. The molecular formula is C15H30N2O4. The monoisotopic (exact) mass is 302 g/mol. The molecule has 6 heteroatoms. The maximum atomic E-state index is 12.0. The Labute approximate surface area is 127 Å². The van der Waals surface area contributed by atoms with Crippen LogP contribution < -0.4 is 11.1 Å². The third-order valence-electron chi connectivity index (χ3n) is 2.80. The standard InChI is InChI=1S/C15H30N2O4/c1-5-6-12(11-15(2,3)4)13(18)20-10-8-17-14(19)21-9-7-16/h12H,5-11,16H2,1-4H3,(H,17,19). The fraction of sp³-hybridized carbons (Fsp3) is 0.867. The van der Waals surface area contributed by atoms with Gasteiger partial charge in [0.15, 0.2) is 0 Å². The Morgan fingerprint density at radius 1 is 1.19 bits per heavy atom. The molecular weight excluding hydrogens is 272 g/mol. The van der Waals surface area contributed by atoms with E-state index in [1.165, 1.54) is 0 Å². The maximum Gasteiger partial charge on any atom is 0.407 e. The highest BCUT2D eigenvalue weighted by molar-refractivity contribution is 5.72. The van der Waals surface area contributed by atoms with Gasteiger partial charge in [-0.3, -0.25) is 4.79 Å². The highest BCUT2D eigenvalue weighted by Gasteiger charge is 2.25. The number of rotatable bonds is 9. The van der Waals surface area contributed by atoms with Crippen LogP contribution in [0.5, 0.6) is 0 Å². The quantitative estimate of drug-likeness (QED) is 0.502. The van der Waals surface area contributed by atoms with Crippen LogP contribution in [0.3, 0.4) is 0 Å². The Morgan fingerprint density at radius 2 is 1.86 bits per heavy atom. The summed E-state index contributed by atoms with van der Waals surface area (Å²) in [6.45, 7) is 9.24. The van der Waals surface area contributed by atoms with E-state index in [1.807, 2.05) is 0 Å². The van der Waals surface area contributed by atoms with E-state index in [9.17, 15) is 9.59 Å². The normalized spacial score (nSPS) is 12.6. The number of ether oxygens (including phenoxy) is 2. The molecule has 0 rings (SSSR count). The van der Waals surface area contributed by atoms with Crippen LogP contribution in [0.25, 0.3) is 0 Å². The van der Waals surface area contributed by atoms with Gasteiger partial charge in [-0.05, 0) is 18.3 Å². The van der Waals surface area contributed by atoms with Gasteiger partial charge >= 0.3 is 12.1 Å². The number of carbonyl (C=O) groups excluding carboxylic acids is 2. The van der Waals surface area contributed by atoms with Crippen LogP contribution in [0.15, 0.2) is 0 Å². The number of esters is 1. The van der Waals surface area contributed by atoms with Crippen LogP contribution >= 0.6 is 0 Å². The number of nitrogens with one attached hydrogen (secondary N) is 1. The first-order chi connectivity index (χ1) is 9.80. The number of alkyl carbamates (subject to hydrolysis) is 1. The van der Waals surface area contributed by atoms with Crippen molar-refractivity contribution in [2.45, 2.75) is 47.0 Å². The molecule has 0 aliphatic rings. The van der Waals surface area contributed by atoms with Crippen LogP contribution in [-0.2, 0) is 14.3 Å². The Bertz CT molecular complexity index is 313. The Hall–Kier alpha value is -1.30. The Morgan fingerprint density at radius 3 is 2.38 bits per heavy atom. The molecule has 0 aromatic heterocycles. The maximum absolute atomic E-state index is 12.0. The number of amides is 1. The summed E-state index contributed by atoms with van der Waals surface area (Å²) >= 11 is 0. The van der Waals surface area contributed by atoms with Crippen LogP contribution in [-0.4, -0.2) is 38.4 Å². The van der Waals surface area contributed by atoms with Crippen molar-refractivity contribution in [3.05, 3.63) is 0 Å². The van der Waals surface area contributed by atoms with Crippen LogP contribution in [0.2, 0.25) is 0 Å². The molecule has 21 heavy (non-hydrogen) atoms. The third kappa shape index (κ3) is 11.1. The van der Waals surface area contributed by atoms with Gasteiger partial charge in [0.05, 0.1) is 12.5 Å². The SMILES string of the molecule is CCCC(CC(C)(C)C)C(=O)OCCNC(=O)OCCN. The smallest absolute Gasteiger partial charge is 0.407 e. The fourth-order valence-corrected chi connectivity index (χ4v) is 2.02. The van der Waals surface area contributed by atoms with E-state index < -0.39 is 6.09 Å². The fourth-order valence-electron chi connectivity index (χ4n) is 2.02. The number of hydrogen-bond donors (Lipinski definition) is 2. The molecule has 0 aliphatic carbocycles. The lowest BCUT2D eigenvalue weighted by atomic mass is 9.83. The van der Waals surface area contributed by atoms with E-state index >= 15 is 0 Å². The molecule has 0 saturated carbocycles. The summed E-state index contributed by atoms with van der Waals surface area (Å²) in [6.07, 6.45) is 2.02. The minimum atomic E-state index is -0.545. The molecule has 1 unspecified atom stereocenters. The van der Waals surface area contributed by atoms with Crippen molar-refractivity contribution in [3.63, 3.8) is 0 Å². The average molecular weight is 302 g/mol. The van der Waals surface area contributed by atoms with Gasteiger partial charge < -0.3 is 20.5 Å². The molecule has 6 nitrogen and oxygen atoms in total. The summed E-state index contributed by atoms with van der Waals surface area (Å²) in [5, 5.41) is 2.50. The van der Waals surface area contributed by atoms with Crippen LogP contribution in [0.1, 0.15) is 47.0 Å². The highest BCUT2D eigenvalue weighted by atomic mass is 16.6. The lowest BCUT2D eigenvalue weighted by Crippen LogP contribution is -2.31. The van der Waals surface area contributed by atoms with E-state index in [4.69, 9.17) is 15.2 Å². The van der Waals surface area contributed by atoms with Crippen molar-refractivity contribution in [2.75, 3.05) is 26.3 Å². The largest absolute Gasteiger partial charge is 0.464 e. The second kappa shape index (κ2) is 10.4. The predicted molar refractivity (Wildman–Crippen MR) is 81.8 cm³/mol. The zero-order valence-electron chi connectivity index (χ0n) is 13.7. The molecule has 0 saturated heterocycles. The first kappa shape index (κ1) is 19.7. The Kier molecular flexibility index (Phi) is 9.78. The molecule has 3 N–H and O–H groups in total. The van der Waals surface area contributed by atoms with Gasteiger partial charge in [0.2, 0.25) is 0 Å². The van der Waals surface area contributed by atoms with E-state index in [-0.39, 0.29) is 43.6 Å². The van der Waals surface area contributed by atoms with E-state index in [0.717, 1.165) is 19.3 Å². The van der Waals surface area contributed by atoms with Crippen LogP contribution in [0, 0.1) is 11.3 Å². The lowest BCUT2D eigenvalue weighted by Gasteiger charge is -2.24. The topological polar surface area (TPSA) is 90.6 Å². The van der Waals surface area contributed by atoms with Gasteiger partial charge in [0.25, 0.3) is 0 Å². The van der Waals surface area contributed by atoms with E-state index in [2.05, 4.69) is 33.0 Å². The van der Waals surface area contributed by atoms with Crippen molar-refractivity contribution in [3.8, 4) is 0 Å². The molecule has 0 aliphatic heterocycles. The molecule has 124 valence electrons. The molecule has 0 heterocycles. The summed E-state index contributed by atoms with van der Waals surface area (Å²) in [7, 11) is 0. The van der Waals surface area contributed by atoms with Crippen LogP contribution in [0.4, 0.5) is 4.79 Å². The average Bonchev–Trinajstić information content (AvgIpc) is 2.39. The zero-order valence-corrected chi connectivity index (χ0v) is 13.7. The van der Waals surface area contributed by atoms with Gasteiger partial charge in [-0.2, -0.15) is 0 Å². The summed E-state index contributed by atoms with van der Waals surface area (Å²) in [4.78, 5) is 23.2. The molecule has 0 fully saturated rings. The van der Waals surface area contributed by atoms with Gasteiger partial charge in [-0.1, -0.05) is 34.1 Å². The molecule has 0 aromatic carbocycles. The summed E-state index contributed by atoms with van der Waals surface area (Å²) in [6, 6.07) is 0. The summed E-state index contributed by atoms with van der Waals surface area (Å²) < 4.78 is 9.96. The third-order valence-corrected chi connectivity index (χ3v) is 2.80. The Balaban J connectivity index is 4.00. The predicted octanol–water partition coefficient (Wildman–Crippen LogP) is 2.07. The zero-order chi connectivity index (χ0) is 16.3. The van der Waals surface area contributed by atoms with Gasteiger partial charge in [0, 0.05) is 6.54 Å². The van der Waals surface area contributed by atoms with Crippen molar-refractivity contribution < 1.29 is 19.1 Å². The minimum Gasteiger partial charge on any atom is -0.464 e. The van der Waals surface area contributed by atoms with Gasteiger partial charge in [-0.15, -0.1) is 0 Å².